The number of rotatable bonds is 3. The van der Waals surface area contributed by atoms with Crippen molar-refractivity contribution in [3.63, 3.8) is 0 Å². The molecule has 3 aromatic rings. The molecule has 0 aliphatic heterocycles. The molecule has 3 rings (SSSR count). The quantitative estimate of drug-likeness (QED) is 0.745. The molecule has 0 saturated carbocycles. The molecule has 2 heterocycles. The molecule has 0 amide bonds. The first-order valence-corrected chi connectivity index (χ1v) is 7.29. The molecule has 0 fully saturated rings. The molecular formula is C15H14N2O2S. The number of hydrogen-bond acceptors (Lipinski definition) is 4. The van der Waals surface area contributed by atoms with Gasteiger partial charge in [0.15, 0.2) is 5.69 Å². The second-order valence-electron chi connectivity index (χ2n) is 4.43. The van der Waals surface area contributed by atoms with Crippen LogP contribution in [-0.4, -0.2) is 22.5 Å². The van der Waals surface area contributed by atoms with E-state index in [4.69, 9.17) is 4.74 Å². The minimum Gasteiger partial charge on any atom is -0.461 e. The fourth-order valence-electron chi connectivity index (χ4n) is 2.15. The molecule has 0 saturated heterocycles. The van der Waals surface area contributed by atoms with Gasteiger partial charge in [-0.05, 0) is 19.9 Å². The van der Waals surface area contributed by atoms with E-state index in [0.717, 1.165) is 16.6 Å². The maximum absolute atomic E-state index is 11.8. The lowest BCUT2D eigenvalue weighted by molar-refractivity contribution is 0.0519. The Bertz CT molecular complexity index is 773. The average molecular weight is 286 g/mol. The highest BCUT2D eigenvalue weighted by molar-refractivity contribution is 7.17. The molecule has 102 valence electrons. The van der Waals surface area contributed by atoms with Crippen molar-refractivity contribution in [3.05, 3.63) is 41.0 Å². The Morgan fingerprint density at radius 1 is 1.40 bits per heavy atom. The van der Waals surface area contributed by atoms with Gasteiger partial charge < -0.3 is 9.72 Å². The Kier molecular flexibility index (Phi) is 3.28. The van der Waals surface area contributed by atoms with Crippen LogP contribution in [0.25, 0.3) is 21.5 Å². The van der Waals surface area contributed by atoms with Crippen LogP contribution in [0.3, 0.4) is 0 Å². The fourth-order valence-corrected chi connectivity index (χ4v) is 3.09. The van der Waals surface area contributed by atoms with E-state index in [1.807, 2.05) is 19.1 Å². The van der Waals surface area contributed by atoms with E-state index in [1.54, 1.807) is 18.3 Å². The predicted molar refractivity (Wildman–Crippen MR) is 80.1 cm³/mol. The molecular weight excluding hydrogens is 272 g/mol. The maximum atomic E-state index is 11.8. The summed E-state index contributed by atoms with van der Waals surface area (Å²) in [4.78, 5) is 19.4. The highest BCUT2D eigenvalue weighted by Gasteiger charge is 2.18. The van der Waals surface area contributed by atoms with Crippen molar-refractivity contribution >= 4 is 27.4 Å². The summed E-state index contributed by atoms with van der Waals surface area (Å²) in [6, 6.07) is 8.15. The van der Waals surface area contributed by atoms with Crippen molar-refractivity contribution in [1.29, 1.82) is 0 Å². The molecule has 4 nitrogen and oxygen atoms in total. The van der Waals surface area contributed by atoms with Gasteiger partial charge in [-0.3, -0.25) is 0 Å². The van der Waals surface area contributed by atoms with Gasteiger partial charge in [-0.1, -0.05) is 18.2 Å². The van der Waals surface area contributed by atoms with Crippen LogP contribution in [0.1, 0.15) is 23.1 Å². The Morgan fingerprint density at radius 3 is 3.00 bits per heavy atom. The third kappa shape index (κ3) is 2.10. The van der Waals surface area contributed by atoms with Crippen LogP contribution in [0, 0.1) is 6.92 Å². The zero-order valence-corrected chi connectivity index (χ0v) is 12.1. The highest BCUT2D eigenvalue weighted by Crippen LogP contribution is 2.32. The molecule has 0 spiro atoms. The SMILES string of the molecule is CCOC(=O)c1nc(-c2csc3ccccc23)[nH]c1C. The first-order valence-electron chi connectivity index (χ1n) is 6.41. The lowest BCUT2D eigenvalue weighted by atomic mass is 10.2. The first-order chi connectivity index (χ1) is 9.70. The van der Waals surface area contributed by atoms with Gasteiger partial charge in [0.25, 0.3) is 0 Å². The first kappa shape index (κ1) is 12.9. The van der Waals surface area contributed by atoms with Crippen molar-refractivity contribution in [2.24, 2.45) is 0 Å². The van der Waals surface area contributed by atoms with E-state index < -0.39 is 0 Å². The minimum absolute atomic E-state index is 0.349. The minimum atomic E-state index is -0.382. The number of hydrogen-bond donors (Lipinski definition) is 1. The zero-order chi connectivity index (χ0) is 14.1. The molecule has 0 aliphatic carbocycles. The second kappa shape index (κ2) is 5.09. The molecule has 1 N–H and O–H groups in total. The Labute approximate surface area is 120 Å². The standard InChI is InChI=1S/C15H14N2O2S/c1-3-19-15(18)13-9(2)16-14(17-13)11-8-20-12-7-5-4-6-10(11)12/h4-8H,3H2,1-2H3,(H,16,17). The number of benzene rings is 1. The molecule has 1 aromatic carbocycles. The number of esters is 1. The molecule has 0 aliphatic rings. The van der Waals surface area contributed by atoms with Crippen LogP contribution in [0.2, 0.25) is 0 Å². The average Bonchev–Trinajstić information content (AvgIpc) is 3.02. The van der Waals surface area contributed by atoms with Crippen molar-refractivity contribution in [2.45, 2.75) is 13.8 Å². The number of aromatic nitrogens is 2. The predicted octanol–water partition coefficient (Wildman–Crippen LogP) is 3.78. The summed E-state index contributed by atoms with van der Waals surface area (Å²) in [7, 11) is 0. The maximum Gasteiger partial charge on any atom is 0.358 e. The largest absolute Gasteiger partial charge is 0.461 e. The number of nitrogens with zero attached hydrogens (tertiary/aromatic N) is 1. The summed E-state index contributed by atoms with van der Waals surface area (Å²) in [5.74, 6) is 0.329. The van der Waals surface area contributed by atoms with Gasteiger partial charge in [0.1, 0.15) is 5.82 Å². The molecule has 0 unspecified atom stereocenters. The summed E-state index contributed by atoms with van der Waals surface area (Å²) in [6.07, 6.45) is 0. The van der Waals surface area contributed by atoms with Gasteiger partial charge in [-0.2, -0.15) is 0 Å². The molecule has 0 radical (unpaired) electrons. The Hall–Kier alpha value is -2.14. The Morgan fingerprint density at radius 2 is 2.20 bits per heavy atom. The van der Waals surface area contributed by atoms with Gasteiger partial charge in [0.2, 0.25) is 0 Å². The summed E-state index contributed by atoms with van der Waals surface area (Å²) in [5.41, 5.74) is 2.11. The number of aromatic amines is 1. The van der Waals surface area contributed by atoms with E-state index in [2.05, 4.69) is 27.5 Å². The van der Waals surface area contributed by atoms with Gasteiger partial charge in [-0.15, -0.1) is 11.3 Å². The number of carbonyl (C=O) groups is 1. The topological polar surface area (TPSA) is 55.0 Å². The van der Waals surface area contributed by atoms with E-state index in [-0.39, 0.29) is 5.97 Å². The van der Waals surface area contributed by atoms with Crippen LogP contribution in [0.15, 0.2) is 29.6 Å². The smallest absolute Gasteiger partial charge is 0.358 e. The summed E-state index contributed by atoms with van der Waals surface area (Å²) < 4.78 is 6.21. The van der Waals surface area contributed by atoms with Gasteiger partial charge >= 0.3 is 5.97 Å². The summed E-state index contributed by atoms with van der Waals surface area (Å²) in [6.45, 7) is 3.96. The van der Waals surface area contributed by atoms with E-state index in [1.165, 1.54) is 4.70 Å². The van der Waals surface area contributed by atoms with Gasteiger partial charge in [0, 0.05) is 26.7 Å². The number of carbonyl (C=O) groups excluding carboxylic acids is 1. The second-order valence-corrected chi connectivity index (χ2v) is 5.34. The van der Waals surface area contributed by atoms with Crippen molar-refractivity contribution in [1.82, 2.24) is 9.97 Å². The third-order valence-electron chi connectivity index (χ3n) is 3.09. The monoisotopic (exact) mass is 286 g/mol. The van der Waals surface area contributed by atoms with Crippen LogP contribution in [0.4, 0.5) is 0 Å². The normalized spacial score (nSPS) is 10.9. The van der Waals surface area contributed by atoms with Crippen LogP contribution in [0.5, 0.6) is 0 Å². The number of thiophene rings is 1. The number of H-pyrrole nitrogens is 1. The third-order valence-corrected chi connectivity index (χ3v) is 4.05. The lowest BCUT2D eigenvalue weighted by Gasteiger charge is -1.97. The number of ether oxygens (including phenoxy) is 1. The number of fused-ring (bicyclic) bond motifs is 1. The van der Waals surface area contributed by atoms with Crippen LogP contribution >= 0.6 is 11.3 Å². The van der Waals surface area contributed by atoms with E-state index in [9.17, 15) is 4.79 Å². The van der Waals surface area contributed by atoms with Crippen LogP contribution < -0.4 is 0 Å². The lowest BCUT2D eigenvalue weighted by Crippen LogP contribution is -2.06. The van der Waals surface area contributed by atoms with Crippen LogP contribution in [-0.2, 0) is 4.74 Å². The number of nitrogens with one attached hydrogen (secondary N) is 1. The zero-order valence-electron chi connectivity index (χ0n) is 11.3. The molecule has 5 heteroatoms. The van der Waals surface area contributed by atoms with Crippen molar-refractivity contribution in [3.8, 4) is 11.4 Å². The number of imidazole rings is 1. The molecule has 2 aromatic heterocycles. The van der Waals surface area contributed by atoms with E-state index >= 15 is 0 Å². The van der Waals surface area contributed by atoms with Gasteiger partial charge in [-0.25, -0.2) is 9.78 Å². The van der Waals surface area contributed by atoms with E-state index in [0.29, 0.717) is 18.1 Å². The molecule has 0 atom stereocenters. The number of aryl methyl sites for hydroxylation is 1. The van der Waals surface area contributed by atoms with Gasteiger partial charge in [0.05, 0.1) is 6.61 Å². The Balaban J connectivity index is 2.07. The van der Waals surface area contributed by atoms with Crippen molar-refractivity contribution in [2.75, 3.05) is 6.61 Å². The molecule has 0 bridgehead atoms. The summed E-state index contributed by atoms with van der Waals surface area (Å²) in [5, 5.41) is 3.19. The molecule has 20 heavy (non-hydrogen) atoms. The van der Waals surface area contributed by atoms with Crippen molar-refractivity contribution < 1.29 is 9.53 Å². The fraction of sp³-hybridized carbons (Fsp3) is 0.200. The highest BCUT2D eigenvalue weighted by atomic mass is 32.1. The summed E-state index contributed by atoms with van der Waals surface area (Å²) >= 11 is 1.67.